The summed E-state index contributed by atoms with van der Waals surface area (Å²) in [6, 6.07) is -0.0999. The zero-order valence-corrected chi connectivity index (χ0v) is 9.61. The molecule has 0 saturated heterocycles. The Balaban J connectivity index is 4.22. The van der Waals surface area contributed by atoms with E-state index in [4.69, 9.17) is 5.73 Å². The molecule has 0 aromatic rings. The van der Waals surface area contributed by atoms with E-state index in [-0.39, 0.29) is 6.04 Å². The normalized spacial score (nSPS) is 15.8. The summed E-state index contributed by atoms with van der Waals surface area (Å²) in [5.74, 6) is 0. The molecule has 4 nitrogen and oxygen atoms in total. The van der Waals surface area contributed by atoms with Crippen molar-refractivity contribution >= 4 is 10.0 Å². The average Bonchev–Trinajstić information content (AvgIpc) is 1.98. The zero-order chi connectivity index (χ0) is 10.7. The summed E-state index contributed by atoms with van der Waals surface area (Å²) < 4.78 is 24.7. The van der Waals surface area contributed by atoms with Crippen LogP contribution >= 0.6 is 0 Å². The summed E-state index contributed by atoms with van der Waals surface area (Å²) in [7, 11) is -3.23. The van der Waals surface area contributed by atoms with Crippen molar-refractivity contribution in [1.29, 1.82) is 0 Å². The first-order valence-corrected chi connectivity index (χ1v) is 5.94. The molecule has 3 N–H and O–H groups in total. The molecule has 0 fully saturated rings. The molecule has 0 spiro atoms. The third-order valence-electron chi connectivity index (χ3n) is 1.87. The lowest BCUT2D eigenvalue weighted by Crippen LogP contribution is -2.44. The predicted octanol–water partition coefficient (Wildman–Crippen LogP) is 0.442. The van der Waals surface area contributed by atoms with Crippen LogP contribution in [0.25, 0.3) is 0 Å². The predicted molar refractivity (Wildman–Crippen MR) is 54.9 cm³/mol. The van der Waals surface area contributed by atoms with E-state index in [2.05, 4.69) is 4.72 Å². The summed E-state index contributed by atoms with van der Waals surface area (Å²) in [5.41, 5.74) is 5.60. The van der Waals surface area contributed by atoms with Crippen molar-refractivity contribution in [3.63, 3.8) is 0 Å². The van der Waals surface area contributed by atoms with Crippen LogP contribution in [0.2, 0.25) is 0 Å². The van der Waals surface area contributed by atoms with Gasteiger partial charge in [-0.1, -0.05) is 6.92 Å². The fourth-order valence-electron chi connectivity index (χ4n) is 0.578. The number of rotatable bonds is 4. The minimum absolute atomic E-state index is 0.0999. The molecule has 5 heteroatoms. The standard InChI is InChI=1S/C8H20N2O2S/c1-5-7(9)6-10-13(11,12)8(2,3)4/h7,10H,5-6,9H2,1-4H3. The van der Waals surface area contributed by atoms with Crippen molar-refractivity contribution in [2.45, 2.75) is 44.9 Å². The summed E-state index contributed by atoms with van der Waals surface area (Å²) >= 11 is 0. The topological polar surface area (TPSA) is 72.2 Å². The van der Waals surface area contributed by atoms with Gasteiger partial charge in [-0.15, -0.1) is 0 Å². The van der Waals surface area contributed by atoms with Gasteiger partial charge in [-0.25, -0.2) is 13.1 Å². The van der Waals surface area contributed by atoms with Crippen LogP contribution in [0.4, 0.5) is 0 Å². The van der Waals surface area contributed by atoms with E-state index in [0.717, 1.165) is 6.42 Å². The van der Waals surface area contributed by atoms with E-state index >= 15 is 0 Å². The van der Waals surface area contributed by atoms with Crippen molar-refractivity contribution < 1.29 is 8.42 Å². The largest absolute Gasteiger partial charge is 0.327 e. The number of nitrogens with two attached hydrogens (primary N) is 1. The zero-order valence-electron chi connectivity index (χ0n) is 8.79. The van der Waals surface area contributed by atoms with Gasteiger partial charge in [0.2, 0.25) is 10.0 Å². The Morgan fingerprint density at radius 1 is 1.38 bits per heavy atom. The number of hydrogen-bond donors (Lipinski definition) is 2. The maximum Gasteiger partial charge on any atom is 0.216 e. The van der Waals surface area contributed by atoms with Gasteiger partial charge in [0, 0.05) is 12.6 Å². The maximum absolute atomic E-state index is 11.5. The van der Waals surface area contributed by atoms with E-state index in [1.807, 2.05) is 6.92 Å². The first-order chi connectivity index (χ1) is 5.70. The summed E-state index contributed by atoms with van der Waals surface area (Å²) in [5, 5.41) is 0. The van der Waals surface area contributed by atoms with Gasteiger partial charge in [0.15, 0.2) is 0 Å². The van der Waals surface area contributed by atoms with Gasteiger partial charge in [-0.2, -0.15) is 0 Å². The minimum Gasteiger partial charge on any atom is -0.327 e. The molecule has 0 rings (SSSR count). The molecule has 13 heavy (non-hydrogen) atoms. The van der Waals surface area contributed by atoms with Gasteiger partial charge >= 0.3 is 0 Å². The second-order valence-electron chi connectivity index (χ2n) is 4.13. The fraction of sp³-hybridized carbons (Fsp3) is 1.00. The van der Waals surface area contributed by atoms with Crippen LogP contribution in [0.3, 0.4) is 0 Å². The van der Waals surface area contributed by atoms with Crippen LogP contribution in [0, 0.1) is 0 Å². The van der Waals surface area contributed by atoms with Crippen LogP contribution in [0.1, 0.15) is 34.1 Å². The molecule has 80 valence electrons. The van der Waals surface area contributed by atoms with Crippen LogP contribution in [-0.2, 0) is 10.0 Å². The molecule has 0 aliphatic heterocycles. The Morgan fingerprint density at radius 2 is 1.85 bits per heavy atom. The first kappa shape index (κ1) is 12.9. The Bertz CT molecular complexity index is 241. The van der Waals surface area contributed by atoms with Crippen molar-refractivity contribution in [2.75, 3.05) is 6.54 Å². The molecule has 0 aliphatic rings. The average molecular weight is 208 g/mol. The fourth-order valence-corrected chi connectivity index (χ4v) is 1.44. The SMILES string of the molecule is CCC(N)CNS(=O)(=O)C(C)(C)C. The van der Waals surface area contributed by atoms with Crippen LogP contribution in [0.15, 0.2) is 0 Å². The molecule has 1 atom stereocenters. The van der Waals surface area contributed by atoms with Crippen LogP contribution in [0.5, 0.6) is 0 Å². The van der Waals surface area contributed by atoms with Gasteiger partial charge in [0.1, 0.15) is 0 Å². The maximum atomic E-state index is 11.5. The lowest BCUT2D eigenvalue weighted by molar-refractivity contribution is 0.533. The first-order valence-electron chi connectivity index (χ1n) is 4.45. The summed E-state index contributed by atoms with van der Waals surface area (Å²) in [6.07, 6.45) is 0.770. The van der Waals surface area contributed by atoms with Gasteiger partial charge < -0.3 is 5.73 Å². The number of sulfonamides is 1. The molecule has 0 aromatic carbocycles. The number of hydrogen-bond acceptors (Lipinski definition) is 3. The van der Waals surface area contributed by atoms with Gasteiger partial charge in [-0.3, -0.25) is 0 Å². The second-order valence-corrected chi connectivity index (χ2v) is 6.65. The monoisotopic (exact) mass is 208 g/mol. The highest BCUT2D eigenvalue weighted by molar-refractivity contribution is 7.90. The molecule has 0 aromatic heterocycles. The molecule has 0 saturated carbocycles. The smallest absolute Gasteiger partial charge is 0.216 e. The van der Waals surface area contributed by atoms with Gasteiger partial charge in [0.25, 0.3) is 0 Å². The Labute approximate surface area is 80.9 Å². The molecule has 0 bridgehead atoms. The Kier molecular flexibility index (Phi) is 4.35. The second kappa shape index (κ2) is 4.39. The van der Waals surface area contributed by atoms with Gasteiger partial charge in [-0.05, 0) is 27.2 Å². The summed E-state index contributed by atoms with van der Waals surface area (Å²) in [4.78, 5) is 0. The van der Waals surface area contributed by atoms with Crippen molar-refractivity contribution in [1.82, 2.24) is 4.72 Å². The Hall–Kier alpha value is -0.130. The highest BCUT2D eigenvalue weighted by Crippen LogP contribution is 2.12. The van der Waals surface area contributed by atoms with E-state index in [1.54, 1.807) is 20.8 Å². The molecular weight excluding hydrogens is 188 g/mol. The quantitative estimate of drug-likeness (QED) is 0.704. The molecular formula is C8H20N2O2S. The van der Waals surface area contributed by atoms with Gasteiger partial charge in [0.05, 0.1) is 4.75 Å². The third-order valence-corrected chi connectivity index (χ3v) is 4.03. The van der Waals surface area contributed by atoms with Crippen molar-refractivity contribution in [3.8, 4) is 0 Å². The summed E-state index contributed by atoms with van der Waals surface area (Å²) in [6.45, 7) is 7.22. The minimum atomic E-state index is -3.23. The molecule has 1 unspecified atom stereocenters. The number of nitrogens with one attached hydrogen (secondary N) is 1. The highest BCUT2D eigenvalue weighted by Gasteiger charge is 2.28. The van der Waals surface area contributed by atoms with Crippen LogP contribution < -0.4 is 10.5 Å². The van der Waals surface area contributed by atoms with Crippen molar-refractivity contribution in [3.05, 3.63) is 0 Å². The molecule has 0 aliphatic carbocycles. The Morgan fingerprint density at radius 3 is 2.15 bits per heavy atom. The molecule has 0 amide bonds. The molecule has 0 heterocycles. The molecule has 0 radical (unpaired) electrons. The van der Waals surface area contributed by atoms with E-state index in [0.29, 0.717) is 6.54 Å². The van der Waals surface area contributed by atoms with E-state index in [9.17, 15) is 8.42 Å². The van der Waals surface area contributed by atoms with Crippen molar-refractivity contribution in [2.24, 2.45) is 5.73 Å². The third kappa shape index (κ3) is 4.06. The van der Waals surface area contributed by atoms with Crippen LogP contribution in [-0.4, -0.2) is 25.8 Å². The highest BCUT2D eigenvalue weighted by atomic mass is 32.2. The lowest BCUT2D eigenvalue weighted by atomic mass is 10.2. The lowest BCUT2D eigenvalue weighted by Gasteiger charge is -2.21. The van der Waals surface area contributed by atoms with E-state index < -0.39 is 14.8 Å². The van der Waals surface area contributed by atoms with E-state index in [1.165, 1.54) is 0 Å².